The number of anilines is 2. The number of hydrogen-bond donors (Lipinski definition) is 1. The number of benzene rings is 1. The first-order valence-corrected chi connectivity index (χ1v) is 12.5. The molecule has 1 N–H and O–H groups in total. The van der Waals surface area contributed by atoms with Crippen LogP contribution < -0.4 is 10.9 Å². The summed E-state index contributed by atoms with van der Waals surface area (Å²) >= 11 is 0. The average Bonchev–Trinajstić information content (AvgIpc) is 3.15. The third-order valence-electron chi connectivity index (χ3n) is 6.74. The average molecular weight is 497 g/mol. The highest BCUT2D eigenvalue weighted by atomic mass is 16.1. The van der Waals surface area contributed by atoms with E-state index in [0.29, 0.717) is 23.5 Å². The fraction of sp³-hybridized carbons (Fsp3) is 0.393. The summed E-state index contributed by atoms with van der Waals surface area (Å²) in [6.07, 6.45) is 3.35. The van der Waals surface area contributed by atoms with Gasteiger partial charge in [0.25, 0.3) is 5.56 Å². The van der Waals surface area contributed by atoms with E-state index in [2.05, 4.69) is 47.0 Å². The van der Waals surface area contributed by atoms with E-state index in [1.807, 2.05) is 55.9 Å². The molecule has 0 fully saturated rings. The fourth-order valence-corrected chi connectivity index (χ4v) is 4.88. The van der Waals surface area contributed by atoms with Gasteiger partial charge < -0.3 is 10.2 Å². The van der Waals surface area contributed by atoms with Gasteiger partial charge in [-0.1, -0.05) is 26.8 Å². The van der Waals surface area contributed by atoms with Crippen LogP contribution in [0.2, 0.25) is 0 Å². The van der Waals surface area contributed by atoms with Crippen molar-refractivity contribution in [3.63, 3.8) is 0 Å². The number of nitrogens with zero attached hydrogens (tertiary/aromatic N) is 7. The number of nitrogens with one attached hydrogen (secondary N) is 1. The van der Waals surface area contributed by atoms with Gasteiger partial charge in [-0.05, 0) is 56.3 Å². The summed E-state index contributed by atoms with van der Waals surface area (Å²) in [6.45, 7) is 11.8. The standard InChI is InChI=1S/C28H32N8O/c1-17(2)35-26(37)23-14-31-27(32-20-8-7-18-15-34(6)16-19(13-29)22(18)11-20)33-25(23)36(35)21-9-10-30-24(12-21)28(3,4)5/h7-12,14,17,19H,15-16H2,1-6H3,(H,31,32,33). The van der Waals surface area contributed by atoms with Crippen LogP contribution in [0.15, 0.2) is 47.5 Å². The van der Waals surface area contributed by atoms with Crippen molar-refractivity contribution < 1.29 is 0 Å². The first-order chi connectivity index (χ1) is 17.6. The Morgan fingerprint density at radius 2 is 1.95 bits per heavy atom. The Kier molecular flexibility index (Phi) is 6.08. The molecule has 9 heteroatoms. The summed E-state index contributed by atoms with van der Waals surface area (Å²) in [4.78, 5) is 29.3. The minimum absolute atomic E-state index is 0.0916. The summed E-state index contributed by atoms with van der Waals surface area (Å²) in [6, 6.07) is 12.3. The Morgan fingerprint density at radius 1 is 1.16 bits per heavy atom. The van der Waals surface area contributed by atoms with E-state index in [4.69, 9.17) is 4.98 Å². The lowest BCUT2D eigenvalue weighted by Crippen LogP contribution is -2.29. The predicted octanol–water partition coefficient (Wildman–Crippen LogP) is 4.65. The second-order valence-electron chi connectivity index (χ2n) is 11.1. The molecule has 1 aliphatic heterocycles. The van der Waals surface area contributed by atoms with Crippen LogP contribution in [0.4, 0.5) is 11.6 Å². The summed E-state index contributed by atoms with van der Waals surface area (Å²) in [5.41, 5.74) is 4.97. The minimum Gasteiger partial charge on any atom is -0.324 e. The fourth-order valence-electron chi connectivity index (χ4n) is 4.88. The third kappa shape index (κ3) is 4.49. The summed E-state index contributed by atoms with van der Waals surface area (Å²) < 4.78 is 3.57. The van der Waals surface area contributed by atoms with Crippen LogP contribution in [0, 0.1) is 11.3 Å². The van der Waals surface area contributed by atoms with Gasteiger partial charge in [-0.3, -0.25) is 9.78 Å². The number of rotatable bonds is 4. The molecular formula is C28H32N8O. The molecule has 190 valence electrons. The van der Waals surface area contributed by atoms with Crippen LogP contribution in [-0.2, 0) is 12.0 Å². The second kappa shape index (κ2) is 9.12. The summed E-state index contributed by atoms with van der Waals surface area (Å²) in [5.74, 6) is 0.196. The highest BCUT2D eigenvalue weighted by molar-refractivity contribution is 5.77. The highest BCUT2D eigenvalue weighted by Crippen LogP contribution is 2.31. The molecule has 5 rings (SSSR count). The molecule has 37 heavy (non-hydrogen) atoms. The molecule has 4 heterocycles. The Balaban J connectivity index is 1.61. The lowest BCUT2D eigenvalue weighted by molar-refractivity contribution is 0.300. The van der Waals surface area contributed by atoms with E-state index in [1.165, 1.54) is 0 Å². The molecule has 4 aromatic rings. The van der Waals surface area contributed by atoms with Gasteiger partial charge in [-0.25, -0.2) is 14.3 Å². The van der Waals surface area contributed by atoms with Gasteiger partial charge >= 0.3 is 0 Å². The van der Waals surface area contributed by atoms with Gasteiger partial charge in [0.1, 0.15) is 5.39 Å². The smallest absolute Gasteiger partial charge is 0.278 e. The Labute approximate surface area is 216 Å². The van der Waals surface area contributed by atoms with Crippen LogP contribution in [-0.4, -0.2) is 42.8 Å². The molecule has 0 saturated carbocycles. The van der Waals surface area contributed by atoms with Crippen molar-refractivity contribution in [3.05, 3.63) is 69.9 Å². The van der Waals surface area contributed by atoms with Crippen molar-refractivity contribution in [1.29, 1.82) is 5.26 Å². The van der Waals surface area contributed by atoms with Crippen LogP contribution in [0.5, 0.6) is 0 Å². The van der Waals surface area contributed by atoms with E-state index < -0.39 is 0 Å². The zero-order valence-electron chi connectivity index (χ0n) is 22.1. The molecule has 0 spiro atoms. The van der Waals surface area contributed by atoms with Crippen molar-refractivity contribution in [2.45, 2.75) is 58.5 Å². The van der Waals surface area contributed by atoms with E-state index in [1.54, 1.807) is 17.1 Å². The molecule has 3 aromatic heterocycles. The van der Waals surface area contributed by atoms with Gasteiger partial charge in [0, 0.05) is 48.3 Å². The monoisotopic (exact) mass is 496 g/mol. The Hall–Kier alpha value is -4.03. The highest BCUT2D eigenvalue weighted by Gasteiger charge is 2.24. The van der Waals surface area contributed by atoms with E-state index >= 15 is 0 Å². The maximum Gasteiger partial charge on any atom is 0.278 e. The van der Waals surface area contributed by atoms with Crippen molar-refractivity contribution in [2.75, 3.05) is 18.9 Å². The van der Waals surface area contributed by atoms with Crippen molar-refractivity contribution in [3.8, 4) is 11.8 Å². The molecule has 1 atom stereocenters. The topological polar surface area (TPSA) is 105 Å². The Bertz CT molecular complexity index is 1580. The Morgan fingerprint density at radius 3 is 2.65 bits per heavy atom. The number of hydrogen-bond acceptors (Lipinski definition) is 7. The van der Waals surface area contributed by atoms with Gasteiger partial charge in [0.2, 0.25) is 5.95 Å². The summed E-state index contributed by atoms with van der Waals surface area (Å²) in [7, 11) is 2.03. The number of pyridine rings is 1. The predicted molar refractivity (Wildman–Crippen MR) is 144 cm³/mol. The zero-order chi connectivity index (χ0) is 26.5. The molecular weight excluding hydrogens is 464 g/mol. The first-order valence-electron chi connectivity index (χ1n) is 12.5. The van der Waals surface area contributed by atoms with Crippen LogP contribution in [0.1, 0.15) is 63.4 Å². The van der Waals surface area contributed by atoms with Gasteiger partial charge in [-0.15, -0.1) is 0 Å². The van der Waals surface area contributed by atoms with Gasteiger partial charge in [0.05, 0.1) is 17.7 Å². The quantitative estimate of drug-likeness (QED) is 0.438. The number of aromatic nitrogens is 5. The van der Waals surface area contributed by atoms with Crippen molar-refractivity contribution >= 4 is 22.7 Å². The zero-order valence-corrected chi connectivity index (χ0v) is 22.1. The van der Waals surface area contributed by atoms with Crippen molar-refractivity contribution in [1.82, 2.24) is 29.2 Å². The molecule has 0 amide bonds. The molecule has 1 aliphatic rings. The van der Waals surface area contributed by atoms with E-state index in [-0.39, 0.29) is 22.9 Å². The molecule has 0 bridgehead atoms. The molecule has 0 saturated heterocycles. The van der Waals surface area contributed by atoms with Gasteiger partial charge in [0.15, 0.2) is 5.65 Å². The maximum absolute atomic E-state index is 13.4. The first kappa shape index (κ1) is 24.7. The van der Waals surface area contributed by atoms with E-state index in [0.717, 1.165) is 34.7 Å². The van der Waals surface area contributed by atoms with Gasteiger partial charge in [-0.2, -0.15) is 10.2 Å². The number of fused-ring (bicyclic) bond motifs is 2. The second-order valence-corrected chi connectivity index (χ2v) is 11.1. The number of nitriles is 1. The lowest BCUT2D eigenvalue weighted by Gasteiger charge is -2.29. The van der Waals surface area contributed by atoms with Crippen LogP contribution >= 0.6 is 0 Å². The molecule has 0 radical (unpaired) electrons. The summed E-state index contributed by atoms with van der Waals surface area (Å²) in [5, 5.41) is 13.4. The van der Waals surface area contributed by atoms with Crippen LogP contribution in [0.3, 0.4) is 0 Å². The largest absolute Gasteiger partial charge is 0.324 e. The maximum atomic E-state index is 13.4. The lowest BCUT2D eigenvalue weighted by atomic mass is 9.90. The number of likely N-dealkylation sites (N-methyl/N-ethyl adjacent to an activating group) is 1. The van der Waals surface area contributed by atoms with Crippen LogP contribution in [0.25, 0.3) is 16.7 Å². The molecule has 1 aromatic carbocycles. The van der Waals surface area contributed by atoms with E-state index in [9.17, 15) is 10.1 Å². The molecule has 9 nitrogen and oxygen atoms in total. The molecule has 1 unspecified atom stereocenters. The minimum atomic E-state index is -0.187. The van der Waals surface area contributed by atoms with Crippen molar-refractivity contribution in [2.24, 2.45) is 0 Å². The SMILES string of the molecule is CC(C)n1c(=O)c2cnc(Nc3ccc4c(c3)C(C#N)CN(C)C4)nc2n1-c1ccnc(C(C)(C)C)c1. The third-order valence-corrected chi connectivity index (χ3v) is 6.74. The molecule has 0 aliphatic carbocycles. The normalized spacial score (nSPS) is 16.1.